The highest BCUT2D eigenvalue weighted by atomic mass is 16.5. The van der Waals surface area contributed by atoms with E-state index in [-0.39, 0.29) is 5.91 Å². The molecule has 0 bridgehead atoms. The zero-order valence-electron chi connectivity index (χ0n) is 9.69. The Hall–Kier alpha value is -1.56. The van der Waals surface area contributed by atoms with Crippen molar-refractivity contribution in [3.05, 3.63) is 11.8 Å². The molecule has 6 heteroatoms. The van der Waals surface area contributed by atoms with Crippen molar-refractivity contribution in [2.24, 2.45) is 0 Å². The second-order valence-electron chi connectivity index (χ2n) is 4.34. The van der Waals surface area contributed by atoms with Gasteiger partial charge in [0.1, 0.15) is 0 Å². The molecule has 1 aromatic rings. The molecule has 17 heavy (non-hydrogen) atoms. The number of nitrogens with zero attached hydrogens (tertiary/aromatic N) is 3. The van der Waals surface area contributed by atoms with Crippen molar-refractivity contribution in [3.63, 3.8) is 0 Å². The first-order valence-electron chi connectivity index (χ1n) is 6.05. The highest BCUT2D eigenvalue weighted by molar-refractivity contribution is 5.92. The molecule has 0 aliphatic carbocycles. The van der Waals surface area contributed by atoms with E-state index in [4.69, 9.17) is 4.74 Å². The van der Waals surface area contributed by atoms with Gasteiger partial charge in [-0.3, -0.25) is 4.79 Å². The maximum absolute atomic E-state index is 12.2. The fourth-order valence-electron chi connectivity index (χ4n) is 2.20. The third-order valence-corrected chi connectivity index (χ3v) is 3.13. The summed E-state index contributed by atoms with van der Waals surface area (Å²) in [5, 5.41) is 7.53. The number of carbonyl (C=O) groups is 1. The molecule has 0 atom stereocenters. The first-order valence-corrected chi connectivity index (χ1v) is 6.05. The van der Waals surface area contributed by atoms with E-state index in [9.17, 15) is 4.79 Å². The molecule has 0 aromatic carbocycles. The molecule has 0 unspecified atom stereocenters. The zero-order chi connectivity index (χ0) is 11.7. The summed E-state index contributed by atoms with van der Waals surface area (Å²) in [4.78, 5) is 14.0. The first-order chi connectivity index (χ1) is 8.34. The second-order valence-corrected chi connectivity index (χ2v) is 4.34. The molecule has 1 N–H and O–H groups in total. The summed E-state index contributed by atoms with van der Waals surface area (Å²) in [6.07, 6.45) is 0.954. The average molecular weight is 236 g/mol. The lowest BCUT2D eigenvalue weighted by Crippen LogP contribution is -2.46. The second kappa shape index (κ2) is 4.37. The maximum Gasteiger partial charge on any atom is 0.274 e. The van der Waals surface area contributed by atoms with Gasteiger partial charge in [0.2, 0.25) is 5.88 Å². The lowest BCUT2D eigenvalue weighted by Gasteiger charge is -2.26. The Morgan fingerprint density at radius 1 is 1.35 bits per heavy atom. The fourth-order valence-corrected chi connectivity index (χ4v) is 2.20. The summed E-state index contributed by atoms with van der Waals surface area (Å²) in [6, 6.07) is 1.75. The lowest BCUT2D eigenvalue weighted by molar-refractivity contribution is 0.0729. The van der Waals surface area contributed by atoms with Gasteiger partial charge in [0.15, 0.2) is 5.69 Å². The maximum atomic E-state index is 12.2. The van der Waals surface area contributed by atoms with Gasteiger partial charge in [0, 0.05) is 45.2 Å². The van der Waals surface area contributed by atoms with Crippen LogP contribution in [0, 0.1) is 0 Å². The molecule has 92 valence electrons. The van der Waals surface area contributed by atoms with Crippen LogP contribution in [-0.2, 0) is 6.54 Å². The number of hydrogen-bond donors (Lipinski definition) is 1. The molecular weight excluding hydrogens is 220 g/mol. The normalized spacial score (nSPS) is 19.6. The number of ether oxygens (including phenoxy) is 1. The Morgan fingerprint density at radius 3 is 2.94 bits per heavy atom. The highest BCUT2D eigenvalue weighted by Gasteiger charge is 2.23. The summed E-state index contributed by atoms with van der Waals surface area (Å²) in [7, 11) is 0. The Labute approximate surface area is 99.5 Å². The number of aryl methyl sites for hydroxylation is 1. The van der Waals surface area contributed by atoms with Gasteiger partial charge in [-0.1, -0.05) is 0 Å². The number of hydrogen-bond acceptors (Lipinski definition) is 4. The van der Waals surface area contributed by atoms with Crippen molar-refractivity contribution in [1.29, 1.82) is 0 Å². The molecule has 0 radical (unpaired) electrons. The van der Waals surface area contributed by atoms with Gasteiger partial charge in [0.25, 0.3) is 5.91 Å². The Bertz CT molecular complexity index is 400. The van der Waals surface area contributed by atoms with Crippen LogP contribution in [0.2, 0.25) is 0 Å². The molecule has 1 saturated heterocycles. The molecule has 3 rings (SSSR count). The topological polar surface area (TPSA) is 59.4 Å². The van der Waals surface area contributed by atoms with Gasteiger partial charge in [0.05, 0.1) is 6.61 Å². The van der Waals surface area contributed by atoms with Crippen molar-refractivity contribution in [2.45, 2.75) is 13.0 Å². The van der Waals surface area contributed by atoms with E-state index in [1.165, 1.54) is 0 Å². The number of rotatable bonds is 1. The molecular formula is C11H16N4O2. The zero-order valence-corrected chi connectivity index (χ0v) is 9.69. The molecule has 1 amide bonds. The Morgan fingerprint density at radius 2 is 2.18 bits per heavy atom. The van der Waals surface area contributed by atoms with Crippen LogP contribution in [0.5, 0.6) is 5.88 Å². The van der Waals surface area contributed by atoms with Crippen LogP contribution in [0.15, 0.2) is 6.07 Å². The van der Waals surface area contributed by atoms with Gasteiger partial charge < -0.3 is 15.0 Å². The van der Waals surface area contributed by atoms with Gasteiger partial charge >= 0.3 is 0 Å². The molecule has 2 aliphatic rings. The fraction of sp³-hybridized carbons (Fsp3) is 0.636. The van der Waals surface area contributed by atoms with E-state index in [2.05, 4.69) is 10.4 Å². The van der Waals surface area contributed by atoms with Crippen molar-refractivity contribution >= 4 is 5.91 Å². The quantitative estimate of drug-likeness (QED) is 0.728. The van der Waals surface area contributed by atoms with E-state index in [0.29, 0.717) is 12.3 Å². The number of aromatic nitrogens is 2. The number of fused-ring (bicyclic) bond motifs is 1. The molecule has 6 nitrogen and oxygen atoms in total. The van der Waals surface area contributed by atoms with Gasteiger partial charge in [-0.2, -0.15) is 5.10 Å². The van der Waals surface area contributed by atoms with Crippen LogP contribution in [0.25, 0.3) is 0 Å². The predicted molar refractivity (Wildman–Crippen MR) is 61.1 cm³/mol. The number of amides is 1. The van der Waals surface area contributed by atoms with Crippen molar-refractivity contribution < 1.29 is 9.53 Å². The Kier molecular flexibility index (Phi) is 2.72. The minimum atomic E-state index is 0.0111. The lowest BCUT2D eigenvalue weighted by atomic mass is 10.3. The Balaban J connectivity index is 1.78. The highest BCUT2D eigenvalue weighted by Crippen LogP contribution is 2.19. The minimum absolute atomic E-state index is 0.0111. The van der Waals surface area contributed by atoms with Crippen LogP contribution in [0.3, 0.4) is 0 Å². The third-order valence-electron chi connectivity index (χ3n) is 3.13. The SMILES string of the molecule is O=C(c1cc2n(n1)CCCO2)N1CCNCC1. The molecule has 2 aliphatic heterocycles. The summed E-state index contributed by atoms with van der Waals surface area (Å²) in [5.74, 6) is 0.728. The van der Waals surface area contributed by atoms with E-state index in [1.807, 2.05) is 4.90 Å². The smallest absolute Gasteiger partial charge is 0.274 e. The number of carbonyl (C=O) groups excluding carboxylic acids is 1. The standard InChI is InChI=1S/C11H16N4O2/c16-11(14-5-2-12-3-6-14)9-8-10-15(13-9)4-1-7-17-10/h8,12H,1-7H2. The molecule has 3 heterocycles. The molecule has 0 saturated carbocycles. The monoisotopic (exact) mass is 236 g/mol. The van der Waals surface area contributed by atoms with Crippen molar-refractivity contribution in [2.75, 3.05) is 32.8 Å². The minimum Gasteiger partial charge on any atom is -0.478 e. The molecule has 1 aromatic heterocycles. The summed E-state index contributed by atoms with van der Waals surface area (Å²) < 4.78 is 7.24. The largest absolute Gasteiger partial charge is 0.478 e. The van der Waals surface area contributed by atoms with Crippen molar-refractivity contribution in [1.82, 2.24) is 20.0 Å². The van der Waals surface area contributed by atoms with E-state index >= 15 is 0 Å². The van der Waals surface area contributed by atoms with Crippen molar-refractivity contribution in [3.8, 4) is 5.88 Å². The number of piperazine rings is 1. The van der Waals surface area contributed by atoms with Crippen LogP contribution >= 0.6 is 0 Å². The third kappa shape index (κ3) is 2.00. The molecule has 1 fully saturated rings. The first kappa shape index (κ1) is 10.6. The van der Waals surface area contributed by atoms with E-state index < -0.39 is 0 Å². The van der Waals surface area contributed by atoms with Crippen LogP contribution in [0.4, 0.5) is 0 Å². The summed E-state index contributed by atoms with van der Waals surface area (Å²) in [6.45, 7) is 4.77. The van der Waals surface area contributed by atoms with Gasteiger partial charge in [-0.15, -0.1) is 0 Å². The van der Waals surface area contributed by atoms with Crippen LogP contribution < -0.4 is 10.1 Å². The van der Waals surface area contributed by atoms with Gasteiger partial charge in [-0.25, -0.2) is 4.68 Å². The molecule has 0 spiro atoms. The van der Waals surface area contributed by atoms with E-state index in [0.717, 1.165) is 45.0 Å². The number of nitrogens with one attached hydrogen (secondary N) is 1. The van der Waals surface area contributed by atoms with E-state index in [1.54, 1.807) is 10.7 Å². The van der Waals surface area contributed by atoms with Gasteiger partial charge in [-0.05, 0) is 0 Å². The van der Waals surface area contributed by atoms with Crippen LogP contribution in [-0.4, -0.2) is 53.4 Å². The summed E-state index contributed by atoms with van der Waals surface area (Å²) in [5.41, 5.74) is 0.504. The summed E-state index contributed by atoms with van der Waals surface area (Å²) >= 11 is 0. The van der Waals surface area contributed by atoms with Crippen LogP contribution in [0.1, 0.15) is 16.9 Å². The predicted octanol–water partition coefficient (Wildman–Crippen LogP) is -0.289. The average Bonchev–Trinajstić information content (AvgIpc) is 2.82.